The van der Waals surface area contributed by atoms with Crippen LogP contribution in [-0.4, -0.2) is 35.3 Å². The van der Waals surface area contributed by atoms with Crippen molar-refractivity contribution in [3.63, 3.8) is 0 Å². The van der Waals surface area contributed by atoms with Gasteiger partial charge in [-0.25, -0.2) is 0 Å². The average molecular weight is 443 g/mol. The fourth-order valence-electron chi connectivity index (χ4n) is 4.67. The first kappa shape index (κ1) is 21.2. The maximum absolute atomic E-state index is 12.8. The van der Waals surface area contributed by atoms with Crippen LogP contribution in [0.5, 0.6) is 5.75 Å². The number of hydrogen-bond acceptors (Lipinski definition) is 5. The van der Waals surface area contributed by atoms with E-state index in [0.717, 1.165) is 11.1 Å². The SMILES string of the molecule is Cc1ccc2c(c1C)OC1(CCN(C(=O)/C=C/c3coc4ccccc4c3=O)CC1)CC2=O. The van der Waals surface area contributed by atoms with Crippen molar-refractivity contribution in [2.24, 2.45) is 0 Å². The smallest absolute Gasteiger partial charge is 0.246 e. The maximum atomic E-state index is 12.8. The molecule has 2 aliphatic heterocycles. The van der Waals surface area contributed by atoms with E-state index in [4.69, 9.17) is 9.15 Å². The summed E-state index contributed by atoms with van der Waals surface area (Å²) >= 11 is 0. The lowest BCUT2D eigenvalue weighted by Gasteiger charge is -2.44. The molecule has 5 rings (SSSR count). The van der Waals surface area contributed by atoms with E-state index in [1.807, 2.05) is 26.0 Å². The molecule has 3 aromatic rings. The Bertz CT molecular complexity index is 1360. The zero-order valence-corrected chi connectivity index (χ0v) is 18.7. The minimum Gasteiger partial charge on any atom is -0.486 e. The first-order valence-electron chi connectivity index (χ1n) is 11.2. The molecule has 1 amide bonds. The number of carbonyl (C=O) groups excluding carboxylic acids is 2. The Morgan fingerprint density at radius 3 is 2.61 bits per heavy atom. The van der Waals surface area contributed by atoms with Gasteiger partial charge in [0.05, 0.1) is 22.9 Å². The second kappa shape index (κ2) is 8.03. The van der Waals surface area contributed by atoms with Crippen LogP contribution >= 0.6 is 0 Å². The molecular weight excluding hydrogens is 418 g/mol. The number of rotatable bonds is 2. The Balaban J connectivity index is 1.29. The average Bonchev–Trinajstić information content (AvgIpc) is 2.82. The predicted octanol–water partition coefficient (Wildman–Crippen LogP) is 4.45. The topological polar surface area (TPSA) is 76.8 Å². The molecule has 2 aromatic carbocycles. The van der Waals surface area contributed by atoms with Crippen LogP contribution in [0.1, 0.15) is 46.3 Å². The van der Waals surface area contributed by atoms with Gasteiger partial charge in [-0.15, -0.1) is 0 Å². The van der Waals surface area contributed by atoms with Crippen LogP contribution < -0.4 is 10.2 Å². The summed E-state index contributed by atoms with van der Waals surface area (Å²) in [4.78, 5) is 39.9. The molecule has 0 radical (unpaired) electrons. The van der Waals surface area contributed by atoms with Gasteiger partial charge in [0.15, 0.2) is 11.2 Å². The van der Waals surface area contributed by atoms with Crippen LogP contribution in [-0.2, 0) is 4.79 Å². The molecule has 6 nitrogen and oxygen atoms in total. The molecular formula is C27H25NO5. The van der Waals surface area contributed by atoms with E-state index in [2.05, 4.69) is 0 Å². The van der Waals surface area contributed by atoms with E-state index < -0.39 is 5.60 Å². The van der Waals surface area contributed by atoms with E-state index in [1.165, 1.54) is 18.4 Å². The van der Waals surface area contributed by atoms with E-state index in [9.17, 15) is 14.4 Å². The van der Waals surface area contributed by atoms with Gasteiger partial charge in [0.25, 0.3) is 0 Å². The second-order valence-electron chi connectivity index (χ2n) is 8.94. The number of aryl methyl sites for hydroxylation is 1. The Hall–Kier alpha value is -3.67. The number of carbonyl (C=O) groups is 2. The third-order valence-corrected chi connectivity index (χ3v) is 6.88. The van der Waals surface area contributed by atoms with Crippen molar-refractivity contribution in [1.29, 1.82) is 0 Å². The standard InChI is InChI=1S/C27H25NO5/c1-17-7-9-20-22(29)15-27(33-26(20)18(17)2)11-13-28(14-12-27)24(30)10-8-19-16-32-23-6-4-3-5-21(23)25(19)31/h3-10,16H,11-15H2,1-2H3/b10-8+. The van der Waals surface area contributed by atoms with Crippen molar-refractivity contribution < 1.29 is 18.7 Å². The summed E-state index contributed by atoms with van der Waals surface area (Å²) in [7, 11) is 0. The van der Waals surface area contributed by atoms with Gasteiger partial charge in [-0.1, -0.05) is 18.2 Å². The Morgan fingerprint density at radius 2 is 1.82 bits per heavy atom. The zero-order chi connectivity index (χ0) is 23.2. The number of amides is 1. The molecule has 0 aliphatic carbocycles. The lowest BCUT2D eigenvalue weighted by atomic mass is 9.81. The van der Waals surface area contributed by atoms with Crippen molar-refractivity contribution in [2.45, 2.75) is 38.7 Å². The third kappa shape index (κ3) is 3.75. The molecule has 0 N–H and O–H groups in total. The van der Waals surface area contributed by atoms with Crippen LogP contribution in [0.2, 0.25) is 0 Å². The highest BCUT2D eigenvalue weighted by Gasteiger charge is 2.44. The number of benzene rings is 2. The highest BCUT2D eigenvalue weighted by atomic mass is 16.5. The molecule has 2 aliphatic rings. The van der Waals surface area contributed by atoms with E-state index in [-0.39, 0.29) is 17.1 Å². The van der Waals surface area contributed by atoms with Crippen molar-refractivity contribution in [3.05, 3.63) is 81.2 Å². The molecule has 6 heteroatoms. The van der Waals surface area contributed by atoms with Gasteiger partial charge in [-0.2, -0.15) is 0 Å². The summed E-state index contributed by atoms with van der Waals surface area (Å²) in [5, 5.41) is 0.483. The summed E-state index contributed by atoms with van der Waals surface area (Å²) in [6, 6.07) is 10.8. The van der Waals surface area contributed by atoms with Gasteiger partial charge < -0.3 is 14.1 Å². The van der Waals surface area contributed by atoms with Gasteiger partial charge in [0.2, 0.25) is 5.91 Å². The largest absolute Gasteiger partial charge is 0.486 e. The Morgan fingerprint density at radius 1 is 1.06 bits per heavy atom. The number of hydrogen-bond donors (Lipinski definition) is 0. The summed E-state index contributed by atoms with van der Waals surface area (Å²) in [6.45, 7) is 4.97. The molecule has 0 bridgehead atoms. The van der Waals surface area contributed by atoms with Gasteiger partial charge in [0.1, 0.15) is 23.2 Å². The molecule has 1 saturated heterocycles. The number of likely N-dealkylation sites (tertiary alicyclic amines) is 1. The van der Waals surface area contributed by atoms with Crippen LogP contribution in [0.15, 0.2) is 57.9 Å². The first-order chi connectivity index (χ1) is 15.9. The molecule has 33 heavy (non-hydrogen) atoms. The number of nitrogens with zero attached hydrogens (tertiary/aromatic N) is 1. The quantitative estimate of drug-likeness (QED) is 0.547. The molecule has 168 valence electrons. The lowest BCUT2D eigenvalue weighted by molar-refractivity contribution is -0.129. The molecule has 3 heterocycles. The first-order valence-corrected chi connectivity index (χ1v) is 11.2. The van der Waals surface area contributed by atoms with Crippen molar-refractivity contribution in [1.82, 2.24) is 4.90 Å². The summed E-state index contributed by atoms with van der Waals surface area (Å²) in [5.74, 6) is 0.614. The fraction of sp³-hybridized carbons (Fsp3) is 0.296. The summed E-state index contributed by atoms with van der Waals surface area (Å²) in [6.07, 6.45) is 5.80. The molecule has 1 aromatic heterocycles. The van der Waals surface area contributed by atoms with Gasteiger partial charge in [0, 0.05) is 32.0 Å². The minimum atomic E-state index is -0.567. The second-order valence-corrected chi connectivity index (χ2v) is 8.94. The van der Waals surface area contributed by atoms with Crippen molar-refractivity contribution >= 4 is 28.7 Å². The number of ether oxygens (including phenoxy) is 1. The van der Waals surface area contributed by atoms with Gasteiger partial charge in [-0.3, -0.25) is 14.4 Å². The molecule has 1 fully saturated rings. The number of Topliss-reactive ketones (excluding diaryl/α,β-unsaturated/α-hetero) is 1. The predicted molar refractivity (Wildman–Crippen MR) is 126 cm³/mol. The molecule has 0 saturated carbocycles. The van der Waals surface area contributed by atoms with E-state index >= 15 is 0 Å². The van der Waals surface area contributed by atoms with Gasteiger partial charge in [-0.05, 0) is 49.2 Å². The number of para-hydroxylation sites is 1. The number of ketones is 1. The minimum absolute atomic E-state index is 0.0991. The van der Waals surface area contributed by atoms with E-state index in [0.29, 0.717) is 60.2 Å². The maximum Gasteiger partial charge on any atom is 0.246 e. The van der Waals surface area contributed by atoms with Gasteiger partial charge >= 0.3 is 0 Å². The zero-order valence-electron chi connectivity index (χ0n) is 18.7. The highest BCUT2D eigenvalue weighted by molar-refractivity contribution is 6.01. The van der Waals surface area contributed by atoms with E-state index in [1.54, 1.807) is 29.2 Å². The molecule has 0 atom stereocenters. The molecule has 1 spiro atoms. The van der Waals surface area contributed by atoms with Crippen LogP contribution in [0.3, 0.4) is 0 Å². The third-order valence-electron chi connectivity index (χ3n) is 6.88. The lowest BCUT2D eigenvalue weighted by Crippen LogP contribution is -2.52. The van der Waals surface area contributed by atoms with Crippen molar-refractivity contribution in [2.75, 3.05) is 13.1 Å². The van der Waals surface area contributed by atoms with Crippen LogP contribution in [0.4, 0.5) is 0 Å². The molecule has 0 unspecified atom stereocenters. The summed E-state index contributed by atoms with van der Waals surface area (Å²) < 4.78 is 11.9. The normalized spacial score (nSPS) is 17.4. The highest BCUT2D eigenvalue weighted by Crippen LogP contribution is 2.41. The summed E-state index contributed by atoms with van der Waals surface area (Å²) in [5.41, 5.74) is 2.85. The monoisotopic (exact) mass is 443 g/mol. The van der Waals surface area contributed by atoms with Crippen LogP contribution in [0, 0.1) is 13.8 Å². The number of fused-ring (bicyclic) bond motifs is 2. The number of piperidine rings is 1. The van der Waals surface area contributed by atoms with Crippen molar-refractivity contribution in [3.8, 4) is 5.75 Å². The Kier molecular flexibility index (Phi) is 5.16. The fourth-order valence-corrected chi connectivity index (χ4v) is 4.67. The Labute approximate surface area is 191 Å². The van der Waals surface area contributed by atoms with Crippen LogP contribution in [0.25, 0.3) is 17.0 Å².